The number of ether oxygens (including phenoxy) is 1. The van der Waals surface area contributed by atoms with Crippen molar-refractivity contribution in [1.82, 2.24) is 9.62 Å². The molecule has 2 aliphatic heterocycles. The molecule has 2 aliphatic rings. The van der Waals surface area contributed by atoms with Gasteiger partial charge in [0.05, 0.1) is 11.5 Å². The Morgan fingerprint density at radius 1 is 1.36 bits per heavy atom. The highest BCUT2D eigenvalue weighted by Crippen LogP contribution is 2.45. The Balaban J connectivity index is 0.00000225. The van der Waals surface area contributed by atoms with Crippen molar-refractivity contribution in [2.45, 2.75) is 24.7 Å². The fourth-order valence-electron chi connectivity index (χ4n) is 4.08. The van der Waals surface area contributed by atoms with Crippen molar-refractivity contribution < 1.29 is 17.5 Å². The van der Waals surface area contributed by atoms with Crippen LogP contribution >= 0.6 is 12.4 Å². The normalized spacial score (nSPS) is 23.6. The number of halogens is 2. The van der Waals surface area contributed by atoms with E-state index in [1.165, 1.54) is 16.4 Å². The number of nitrogens with zero attached hydrogens (tertiary/aromatic N) is 1. The Hall–Kier alpha value is -0.730. The summed E-state index contributed by atoms with van der Waals surface area (Å²) in [7, 11) is -2.05. The van der Waals surface area contributed by atoms with Crippen LogP contribution in [0.2, 0.25) is 0 Å². The summed E-state index contributed by atoms with van der Waals surface area (Å²) in [6, 6.07) is 3.94. The topological polar surface area (TPSA) is 58.6 Å². The molecule has 142 valence electrons. The molecule has 3 rings (SSSR count). The van der Waals surface area contributed by atoms with E-state index in [0.717, 1.165) is 32.0 Å². The molecule has 0 radical (unpaired) electrons. The van der Waals surface area contributed by atoms with Crippen LogP contribution in [0.25, 0.3) is 0 Å². The highest BCUT2D eigenvalue weighted by molar-refractivity contribution is 7.89. The van der Waals surface area contributed by atoms with Crippen molar-refractivity contribution >= 4 is 22.4 Å². The number of aryl methyl sites for hydroxylation is 1. The first kappa shape index (κ1) is 20.6. The minimum Gasteiger partial charge on any atom is -0.384 e. The maximum absolute atomic E-state index is 13.6. The molecule has 1 N–H and O–H groups in total. The van der Waals surface area contributed by atoms with Gasteiger partial charge in [0.15, 0.2) is 0 Å². The molecule has 1 aromatic rings. The van der Waals surface area contributed by atoms with E-state index in [-0.39, 0.29) is 28.6 Å². The smallest absolute Gasteiger partial charge is 0.243 e. The second kappa shape index (κ2) is 7.88. The van der Waals surface area contributed by atoms with E-state index in [1.807, 2.05) is 0 Å². The Morgan fingerprint density at radius 3 is 2.68 bits per heavy atom. The van der Waals surface area contributed by atoms with Crippen LogP contribution in [0.5, 0.6) is 0 Å². The largest absolute Gasteiger partial charge is 0.384 e. The first-order chi connectivity index (χ1) is 11.4. The molecule has 1 spiro atoms. The lowest BCUT2D eigenvalue weighted by Crippen LogP contribution is -2.43. The molecule has 0 amide bonds. The van der Waals surface area contributed by atoms with E-state index >= 15 is 0 Å². The van der Waals surface area contributed by atoms with Gasteiger partial charge in [-0.15, -0.1) is 12.4 Å². The second-order valence-electron chi connectivity index (χ2n) is 6.97. The van der Waals surface area contributed by atoms with Gasteiger partial charge in [-0.3, -0.25) is 0 Å². The van der Waals surface area contributed by atoms with Gasteiger partial charge in [-0.25, -0.2) is 12.8 Å². The van der Waals surface area contributed by atoms with Crippen LogP contribution in [0.1, 0.15) is 18.4 Å². The molecule has 2 saturated heterocycles. The number of nitrogens with one attached hydrogen (secondary N) is 1. The molecular formula is C17H26ClFN2O3S. The predicted octanol–water partition coefficient (Wildman–Crippen LogP) is 2.19. The zero-order chi connectivity index (χ0) is 17.4. The summed E-state index contributed by atoms with van der Waals surface area (Å²) in [6.07, 6.45) is 1.88. The lowest BCUT2D eigenvalue weighted by Gasteiger charge is -2.38. The van der Waals surface area contributed by atoms with Crippen LogP contribution in [-0.4, -0.2) is 52.6 Å². The van der Waals surface area contributed by atoms with Gasteiger partial charge < -0.3 is 10.1 Å². The quantitative estimate of drug-likeness (QED) is 0.853. The molecule has 1 unspecified atom stereocenters. The first-order valence-corrected chi connectivity index (χ1v) is 9.79. The summed E-state index contributed by atoms with van der Waals surface area (Å²) in [5.74, 6) is -0.350. The van der Waals surface area contributed by atoms with Gasteiger partial charge in [0.2, 0.25) is 10.0 Å². The maximum Gasteiger partial charge on any atom is 0.243 e. The summed E-state index contributed by atoms with van der Waals surface area (Å²) in [6.45, 7) is 4.97. The Morgan fingerprint density at radius 2 is 2.04 bits per heavy atom. The zero-order valence-electron chi connectivity index (χ0n) is 14.6. The third kappa shape index (κ3) is 3.85. The number of methoxy groups -OCH3 is 1. The molecule has 2 fully saturated rings. The highest BCUT2D eigenvalue weighted by Gasteiger charge is 2.50. The van der Waals surface area contributed by atoms with Gasteiger partial charge >= 0.3 is 0 Å². The molecule has 5 nitrogen and oxygen atoms in total. The summed E-state index contributed by atoms with van der Waals surface area (Å²) >= 11 is 0. The Kier molecular flexibility index (Phi) is 6.49. The molecular weight excluding hydrogens is 367 g/mol. The number of sulfonamides is 1. The van der Waals surface area contributed by atoms with Gasteiger partial charge in [-0.05, 0) is 56.0 Å². The summed E-state index contributed by atoms with van der Waals surface area (Å²) in [5.41, 5.74) is 0.529. The lowest BCUT2D eigenvalue weighted by molar-refractivity contribution is 0.0718. The first-order valence-electron chi connectivity index (χ1n) is 8.35. The summed E-state index contributed by atoms with van der Waals surface area (Å²) < 4.78 is 46.7. The van der Waals surface area contributed by atoms with Gasteiger partial charge in [-0.2, -0.15) is 4.31 Å². The number of hydrogen-bond acceptors (Lipinski definition) is 4. The molecule has 1 aromatic carbocycles. The lowest BCUT2D eigenvalue weighted by atomic mass is 9.71. The van der Waals surface area contributed by atoms with E-state index in [9.17, 15) is 12.8 Å². The van der Waals surface area contributed by atoms with Gasteiger partial charge in [0.1, 0.15) is 5.82 Å². The molecule has 1 atom stereocenters. The molecule has 0 aliphatic carbocycles. The van der Waals surface area contributed by atoms with Crippen LogP contribution < -0.4 is 5.32 Å². The minimum absolute atomic E-state index is 0. The third-order valence-electron chi connectivity index (χ3n) is 5.52. The van der Waals surface area contributed by atoms with Crippen LogP contribution in [0.4, 0.5) is 4.39 Å². The molecule has 25 heavy (non-hydrogen) atoms. The van der Waals surface area contributed by atoms with Crippen molar-refractivity contribution in [2.24, 2.45) is 11.3 Å². The number of benzene rings is 1. The number of hydrogen-bond donors (Lipinski definition) is 1. The van der Waals surface area contributed by atoms with Gasteiger partial charge in [0, 0.05) is 26.1 Å². The van der Waals surface area contributed by atoms with Crippen molar-refractivity contribution in [3.8, 4) is 0 Å². The Labute approximate surface area is 155 Å². The molecule has 2 heterocycles. The van der Waals surface area contributed by atoms with Crippen LogP contribution in [0.15, 0.2) is 23.1 Å². The van der Waals surface area contributed by atoms with Crippen molar-refractivity contribution in [3.05, 3.63) is 29.6 Å². The fraction of sp³-hybridized carbons (Fsp3) is 0.647. The van der Waals surface area contributed by atoms with Crippen LogP contribution in [0, 0.1) is 24.1 Å². The van der Waals surface area contributed by atoms with Gasteiger partial charge in [0.25, 0.3) is 0 Å². The average Bonchev–Trinajstić information content (AvgIpc) is 2.90. The molecule has 0 saturated carbocycles. The number of rotatable bonds is 4. The average molecular weight is 393 g/mol. The highest BCUT2D eigenvalue weighted by atomic mass is 35.5. The predicted molar refractivity (Wildman–Crippen MR) is 97.0 cm³/mol. The van der Waals surface area contributed by atoms with Crippen molar-refractivity contribution in [3.63, 3.8) is 0 Å². The summed E-state index contributed by atoms with van der Waals surface area (Å²) in [5, 5.41) is 3.34. The summed E-state index contributed by atoms with van der Waals surface area (Å²) in [4.78, 5) is 0.0738. The molecule has 0 bridgehead atoms. The monoisotopic (exact) mass is 392 g/mol. The molecule has 8 heteroatoms. The maximum atomic E-state index is 13.6. The fourth-order valence-corrected chi connectivity index (χ4v) is 5.90. The molecule has 0 aromatic heterocycles. The Bertz CT molecular complexity index is 708. The van der Waals surface area contributed by atoms with Crippen LogP contribution in [0.3, 0.4) is 0 Å². The van der Waals surface area contributed by atoms with E-state index in [2.05, 4.69) is 5.32 Å². The van der Waals surface area contributed by atoms with Crippen LogP contribution in [-0.2, 0) is 14.8 Å². The van der Waals surface area contributed by atoms with Crippen molar-refractivity contribution in [1.29, 1.82) is 0 Å². The zero-order valence-corrected chi connectivity index (χ0v) is 16.3. The van der Waals surface area contributed by atoms with E-state index in [4.69, 9.17) is 4.74 Å². The second-order valence-corrected chi connectivity index (χ2v) is 8.88. The van der Waals surface area contributed by atoms with E-state index in [0.29, 0.717) is 25.3 Å². The minimum atomic E-state index is -3.70. The van der Waals surface area contributed by atoms with Gasteiger partial charge in [-0.1, -0.05) is 6.07 Å². The van der Waals surface area contributed by atoms with E-state index in [1.54, 1.807) is 14.0 Å². The number of piperidine rings is 1. The standard InChI is InChI=1S/C17H25FN2O3S.ClH/c1-13-3-4-15(18)9-16(13)24(21,22)20-10-14(11-23-2)17(12-20)5-7-19-8-6-17;/h3-4,9,14,19H,5-8,10-12H2,1-2H3;1H. The van der Waals surface area contributed by atoms with E-state index < -0.39 is 15.8 Å². The SMILES string of the molecule is COCC1CN(S(=O)(=O)c2cc(F)ccc2C)CC12CCNCC2.Cl. The van der Waals surface area contributed by atoms with Crippen molar-refractivity contribution in [2.75, 3.05) is 39.9 Å². The third-order valence-corrected chi connectivity index (χ3v) is 7.47.